The van der Waals surface area contributed by atoms with E-state index in [2.05, 4.69) is 169 Å². The van der Waals surface area contributed by atoms with E-state index in [-0.39, 0.29) is 5.41 Å². The molecule has 0 unspecified atom stereocenters. The van der Waals surface area contributed by atoms with E-state index in [0.717, 1.165) is 0 Å². The number of thiophene rings is 1. The van der Waals surface area contributed by atoms with Crippen LogP contribution in [0.1, 0.15) is 49.7 Å². The Morgan fingerprint density at radius 3 is 1.86 bits per heavy atom. The van der Waals surface area contributed by atoms with Crippen molar-refractivity contribution in [1.82, 2.24) is 0 Å². The van der Waals surface area contributed by atoms with E-state index in [1.165, 1.54) is 109 Å². The average Bonchev–Trinajstić information content (AvgIpc) is 3.36. The zero-order valence-corrected chi connectivity index (χ0v) is 28.5. The summed E-state index contributed by atoms with van der Waals surface area (Å²) in [5.74, 6) is 0. The topological polar surface area (TPSA) is 3.24 Å². The van der Waals surface area contributed by atoms with Crippen LogP contribution in [-0.4, -0.2) is 0 Å². The summed E-state index contributed by atoms with van der Waals surface area (Å²) in [7, 11) is 0. The largest absolute Gasteiger partial charge is 0.310 e. The summed E-state index contributed by atoms with van der Waals surface area (Å²) in [6, 6.07) is 61.0. The van der Waals surface area contributed by atoms with Crippen molar-refractivity contribution < 1.29 is 0 Å². The quantitative estimate of drug-likeness (QED) is 0.162. The summed E-state index contributed by atoms with van der Waals surface area (Å²) in [6.45, 7) is 0. The van der Waals surface area contributed by atoms with Crippen LogP contribution in [0.3, 0.4) is 0 Å². The van der Waals surface area contributed by atoms with Gasteiger partial charge in [-0.1, -0.05) is 141 Å². The highest BCUT2D eigenvalue weighted by molar-refractivity contribution is 7.26. The van der Waals surface area contributed by atoms with Crippen molar-refractivity contribution in [2.75, 3.05) is 4.90 Å². The van der Waals surface area contributed by atoms with Crippen molar-refractivity contribution in [3.8, 4) is 11.1 Å². The van der Waals surface area contributed by atoms with Crippen molar-refractivity contribution in [3.05, 3.63) is 175 Å². The maximum absolute atomic E-state index is 2.45. The number of rotatable bonds is 6. The number of hydrogen-bond acceptors (Lipinski definition) is 2. The molecule has 9 rings (SSSR count). The number of hydrogen-bond donors (Lipinski definition) is 0. The first-order chi connectivity index (χ1) is 24.3. The molecule has 0 radical (unpaired) electrons. The first-order valence-corrected chi connectivity index (χ1v) is 18.5. The van der Waals surface area contributed by atoms with E-state index < -0.39 is 0 Å². The van der Waals surface area contributed by atoms with Crippen LogP contribution < -0.4 is 4.90 Å². The third-order valence-electron chi connectivity index (χ3n) is 10.8. The first-order valence-electron chi connectivity index (χ1n) is 17.7. The minimum absolute atomic E-state index is 0.0619. The molecule has 1 heterocycles. The van der Waals surface area contributed by atoms with Gasteiger partial charge < -0.3 is 4.90 Å². The van der Waals surface area contributed by atoms with Crippen molar-refractivity contribution in [1.29, 1.82) is 0 Å². The van der Waals surface area contributed by atoms with Crippen LogP contribution in [0.2, 0.25) is 0 Å². The highest BCUT2D eigenvalue weighted by Crippen LogP contribution is 2.47. The van der Waals surface area contributed by atoms with Gasteiger partial charge in [-0.15, -0.1) is 11.3 Å². The molecule has 8 aromatic rings. The van der Waals surface area contributed by atoms with Gasteiger partial charge in [-0.25, -0.2) is 0 Å². The first kappa shape index (κ1) is 29.9. The molecular weight excluding hydrogens is 611 g/mol. The maximum atomic E-state index is 2.45. The molecule has 49 heavy (non-hydrogen) atoms. The van der Waals surface area contributed by atoms with Crippen LogP contribution in [0.15, 0.2) is 164 Å². The van der Waals surface area contributed by atoms with Crippen LogP contribution in [0, 0.1) is 0 Å². The molecule has 1 aliphatic rings. The SMILES string of the molecule is c1ccc(-c2cccc3sc4ccc(N(c5ccc(C6(c7ccccc7)CCCCCC6)cc5)c5ccc6ccccc6c5)cc4c23)cc1. The van der Waals surface area contributed by atoms with Crippen molar-refractivity contribution >= 4 is 59.3 Å². The van der Waals surface area contributed by atoms with E-state index in [4.69, 9.17) is 0 Å². The summed E-state index contributed by atoms with van der Waals surface area (Å²) >= 11 is 1.88. The second-order valence-electron chi connectivity index (χ2n) is 13.6. The molecule has 0 amide bonds. The molecule has 1 fully saturated rings. The fraction of sp³-hybridized carbons (Fsp3) is 0.149. The van der Waals surface area contributed by atoms with Crippen LogP contribution in [0.5, 0.6) is 0 Å². The Kier molecular flexibility index (Phi) is 7.75. The Morgan fingerprint density at radius 2 is 1.08 bits per heavy atom. The molecule has 0 aliphatic heterocycles. The summed E-state index contributed by atoms with van der Waals surface area (Å²) in [6.07, 6.45) is 7.62. The van der Waals surface area contributed by atoms with Gasteiger partial charge in [-0.2, -0.15) is 0 Å². The van der Waals surface area contributed by atoms with Gasteiger partial charge in [0.15, 0.2) is 0 Å². The lowest BCUT2D eigenvalue weighted by Gasteiger charge is -2.35. The summed E-state index contributed by atoms with van der Waals surface area (Å²) in [5.41, 5.74) is 9.02. The van der Waals surface area contributed by atoms with Crippen LogP contribution in [-0.2, 0) is 5.41 Å². The Bertz CT molecular complexity index is 2380. The van der Waals surface area contributed by atoms with Crippen LogP contribution in [0.4, 0.5) is 17.1 Å². The fourth-order valence-electron chi connectivity index (χ4n) is 8.34. The number of fused-ring (bicyclic) bond motifs is 4. The Hall–Kier alpha value is -5.18. The lowest BCUT2D eigenvalue weighted by molar-refractivity contribution is 0.446. The molecular formula is C47H39NS. The molecule has 0 bridgehead atoms. The molecule has 1 aliphatic carbocycles. The second kappa shape index (κ2) is 12.7. The Labute approximate surface area is 293 Å². The predicted molar refractivity (Wildman–Crippen MR) is 212 cm³/mol. The van der Waals surface area contributed by atoms with Crippen molar-refractivity contribution in [3.63, 3.8) is 0 Å². The third kappa shape index (κ3) is 5.41. The van der Waals surface area contributed by atoms with Gasteiger partial charge >= 0.3 is 0 Å². The predicted octanol–water partition coefficient (Wildman–Crippen LogP) is 14.0. The maximum Gasteiger partial charge on any atom is 0.0468 e. The molecule has 1 saturated carbocycles. The molecule has 1 aromatic heterocycles. The van der Waals surface area contributed by atoms with Gasteiger partial charge in [0.2, 0.25) is 0 Å². The summed E-state index contributed by atoms with van der Waals surface area (Å²) in [4.78, 5) is 2.45. The molecule has 2 heteroatoms. The third-order valence-corrected chi connectivity index (χ3v) is 11.9. The highest BCUT2D eigenvalue weighted by Gasteiger charge is 2.34. The minimum Gasteiger partial charge on any atom is -0.310 e. The summed E-state index contributed by atoms with van der Waals surface area (Å²) in [5, 5.41) is 5.14. The highest BCUT2D eigenvalue weighted by atomic mass is 32.1. The average molecular weight is 650 g/mol. The molecule has 7 aromatic carbocycles. The molecule has 0 spiro atoms. The number of anilines is 3. The lowest BCUT2D eigenvalue weighted by atomic mass is 9.69. The second-order valence-corrected chi connectivity index (χ2v) is 14.7. The van der Waals surface area contributed by atoms with E-state index in [1.807, 2.05) is 11.3 Å². The van der Waals surface area contributed by atoms with Gasteiger partial charge in [0.1, 0.15) is 0 Å². The molecule has 238 valence electrons. The van der Waals surface area contributed by atoms with Gasteiger partial charge in [-0.3, -0.25) is 0 Å². The number of nitrogens with zero attached hydrogens (tertiary/aromatic N) is 1. The Morgan fingerprint density at radius 1 is 0.449 bits per heavy atom. The zero-order chi connectivity index (χ0) is 32.6. The van der Waals surface area contributed by atoms with Gasteiger partial charge in [0, 0.05) is 42.6 Å². The number of benzene rings is 7. The lowest BCUT2D eigenvalue weighted by Crippen LogP contribution is -2.27. The van der Waals surface area contributed by atoms with Crippen molar-refractivity contribution in [2.45, 2.75) is 43.9 Å². The molecule has 1 nitrogen and oxygen atoms in total. The zero-order valence-electron chi connectivity index (χ0n) is 27.7. The van der Waals surface area contributed by atoms with Gasteiger partial charge in [0.05, 0.1) is 0 Å². The molecule has 0 N–H and O–H groups in total. The fourth-order valence-corrected chi connectivity index (χ4v) is 9.45. The van der Waals surface area contributed by atoms with Gasteiger partial charge in [0.25, 0.3) is 0 Å². The Balaban J connectivity index is 1.21. The normalized spacial score (nSPS) is 14.6. The van der Waals surface area contributed by atoms with E-state index >= 15 is 0 Å². The van der Waals surface area contributed by atoms with Crippen LogP contribution in [0.25, 0.3) is 42.1 Å². The van der Waals surface area contributed by atoms with Crippen LogP contribution >= 0.6 is 11.3 Å². The van der Waals surface area contributed by atoms with Gasteiger partial charge in [-0.05, 0) is 94.4 Å². The van der Waals surface area contributed by atoms with E-state index in [9.17, 15) is 0 Å². The molecule has 0 saturated heterocycles. The summed E-state index contributed by atoms with van der Waals surface area (Å²) < 4.78 is 2.64. The van der Waals surface area contributed by atoms with E-state index in [1.54, 1.807) is 0 Å². The smallest absolute Gasteiger partial charge is 0.0468 e. The standard InChI is InChI=1S/C47H39NS/c1-2-12-31-47(30-11-1,37-18-7-4-8-19-37)38-23-26-39(27-24-38)48(40-25-22-34-14-9-10-17-36(34)32-40)41-28-29-44-43(33-41)46-42(20-13-21-45(46)49-44)35-15-5-3-6-16-35/h3-10,13-29,32-33H,1-2,11-12,30-31H2. The molecule has 0 atom stereocenters. The van der Waals surface area contributed by atoms with Crippen molar-refractivity contribution in [2.24, 2.45) is 0 Å². The van der Waals surface area contributed by atoms with E-state index in [0.29, 0.717) is 0 Å². The monoisotopic (exact) mass is 649 g/mol. The minimum atomic E-state index is 0.0619.